The summed E-state index contributed by atoms with van der Waals surface area (Å²) < 4.78 is 45.6. The highest BCUT2D eigenvalue weighted by atomic mass is 19.4. The van der Waals surface area contributed by atoms with Gasteiger partial charge in [0.1, 0.15) is 11.4 Å². The van der Waals surface area contributed by atoms with Crippen molar-refractivity contribution in [1.82, 2.24) is 15.4 Å². The third-order valence-electron chi connectivity index (χ3n) is 2.71. The number of carbonyl (C=O) groups excluding carboxylic acids is 1. The van der Waals surface area contributed by atoms with Gasteiger partial charge in [0.25, 0.3) is 0 Å². The summed E-state index contributed by atoms with van der Waals surface area (Å²) >= 11 is 0. The number of benzene rings is 1. The highest BCUT2D eigenvalue weighted by molar-refractivity contribution is 5.94. The first-order valence-corrected chi connectivity index (χ1v) is 6.26. The lowest BCUT2D eigenvalue weighted by Gasteiger charge is -2.11. The third kappa shape index (κ3) is 3.54. The van der Waals surface area contributed by atoms with Gasteiger partial charge in [-0.1, -0.05) is 6.07 Å². The van der Waals surface area contributed by atoms with Gasteiger partial charge in [0, 0.05) is 5.56 Å². The van der Waals surface area contributed by atoms with Crippen LogP contribution in [0, 0.1) is 6.92 Å². The summed E-state index contributed by atoms with van der Waals surface area (Å²) in [7, 11) is 0. The zero-order valence-electron chi connectivity index (χ0n) is 11.7. The minimum absolute atomic E-state index is 0.101. The van der Waals surface area contributed by atoms with Crippen molar-refractivity contribution in [2.45, 2.75) is 20.2 Å². The van der Waals surface area contributed by atoms with Gasteiger partial charge in [-0.3, -0.25) is 0 Å². The minimum Gasteiger partial charge on any atom is -0.461 e. The number of nitrogens with zero attached hydrogens (tertiary/aromatic N) is 2. The number of alkyl halides is 3. The lowest BCUT2D eigenvalue weighted by Crippen LogP contribution is -2.17. The van der Waals surface area contributed by atoms with E-state index in [0.29, 0.717) is 11.1 Å². The molecule has 0 bridgehead atoms. The van der Waals surface area contributed by atoms with Crippen molar-refractivity contribution in [2.24, 2.45) is 0 Å². The topological polar surface area (TPSA) is 77.1 Å². The largest absolute Gasteiger partial charge is 0.573 e. The Morgan fingerprint density at radius 3 is 2.68 bits per heavy atom. The van der Waals surface area contributed by atoms with Crippen LogP contribution < -0.4 is 4.74 Å². The molecule has 0 saturated heterocycles. The van der Waals surface area contributed by atoms with Crippen molar-refractivity contribution in [1.29, 1.82) is 0 Å². The van der Waals surface area contributed by atoms with Crippen molar-refractivity contribution in [3.05, 3.63) is 29.5 Å². The van der Waals surface area contributed by atoms with Crippen LogP contribution in [-0.4, -0.2) is 34.3 Å². The number of nitrogens with one attached hydrogen (secondary N) is 1. The number of rotatable bonds is 4. The number of esters is 1. The van der Waals surface area contributed by atoms with Crippen LogP contribution in [-0.2, 0) is 4.74 Å². The highest BCUT2D eigenvalue weighted by Gasteiger charge is 2.31. The number of hydrogen-bond acceptors (Lipinski definition) is 5. The predicted molar refractivity (Wildman–Crippen MR) is 69.2 cm³/mol. The summed E-state index contributed by atoms with van der Waals surface area (Å²) in [5.41, 5.74) is 0.894. The van der Waals surface area contributed by atoms with Gasteiger partial charge in [-0.2, -0.15) is 10.3 Å². The lowest BCUT2D eigenvalue weighted by molar-refractivity contribution is -0.274. The van der Waals surface area contributed by atoms with E-state index in [-0.39, 0.29) is 18.0 Å². The van der Waals surface area contributed by atoms with Crippen LogP contribution in [0.3, 0.4) is 0 Å². The van der Waals surface area contributed by atoms with Crippen molar-refractivity contribution in [2.75, 3.05) is 6.61 Å². The van der Waals surface area contributed by atoms with E-state index in [0.717, 1.165) is 6.07 Å². The van der Waals surface area contributed by atoms with Crippen molar-refractivity contribution in [3.8, 4) is 17.0 Å². The van der Waals surface area contributed by atoms with Crippen molar-refractivity contribution >= 4 is 5.97 Å². The predicted octanol–water partition coefficient (Wildman–Crippen LogP) is 2.86. The minimum atomic E-state index is -4.81. The summed E-state index contributed by atoms with van der Waals surface area (Å²) in [6.45, 7) is 3.43. The van der Waals surface area contributed by atoms with Crippen LogP contribution in [0.5, 0.6) is 5.75 Å². The van der Waals surface area contributed by atoms with E-state index >= 15 is 0 Å². The van der Waals surface area contributed by atoms with Crippen LogP contribution in [0.4, 0.5) is 13.2 Å². The Labute approximate surface area is 123 Å². The van der Waals surface area contributed by atoms with E-state index in [1.54, 1.807) is 13.8 Å². The zero-order chi connectivity index (χ0) is 16.3. The normalized spacial score (nSPS) is 11.3. The van der Waals surface area contributed by atoms with E-state index in [2.05, 4.69) is 20.1 Å². The Hall–Kier alpha value is -2.58. The molecule has 0 unspecified atom stereocenters. The third-order valence-corrected chi connectivity index (χ3v) is 2.71. The number of carbonyl (C=O) groups is 1. The Bertz CT molecular complexity index is 683. The number of ether oxygens (including phenoxy) is 2. The fourth-order valence-corrected chi connectivity index (χ4v) is 1.81. The average Bonchev–Trinajstić information content (AvgIpc) is 2.89. The fourth-order valence-electron chi connectivity index (χ4n) is 1.81. The quantitative estimate of drug-likeness (QED) is 0.878. The summed E-state index contributed by atoms with van der Waals surface area (Å²) in [6.07, 6.45) is -4.81. The van der Waals surface area contributed by atoms with Gasteiger partial charge in [0.05, 0.1) is 6.61 Å². The molecule has 0 aliphatic rings. The molecule has 6 nitrogen and oxygen atoms in total. The van der Waals surface area contributed by atoms with E-state index < -0.39 is 18.1 Å². The Morgan fingerprint density at radius 1 is 1.32 bits per heavy atom. The molecule has 22 heavy (non-hydrogen) atoms. The van der Waals surface area contributed by atoms with Crippen LogP contribution >= 0.6 is 0 Å². The van der Waals surface area contributed by atoms with E-state index in [4.69, 9.17) is 4.74 Å². The molecule has 0 aliphatic heterocycles. The van der Waals surface area contributed by atoms with Gasteiger partial charge in [-0.15, -0.1) is 18.3 Å². The standard InChI is InChI=1S/C13H12F3N3O3/c1-3-21-12(20)11-10(17-19-18-11)9-6-8(5-4-7(9)2)22-13(14,15)16/h4-6H,3H2,1-2H3,(H,17,18,19). The summed E-state index contributed by atoms with van der Waals surface area (Å²) in [5, 5.41) is 9.76. The van der Waals surface area contributed by atoms with Crippen molar-refractivity contribution < 1.29 is 27.4 Å². The number of aryl methyl sites for hydroxylation is 1. The van der Waals surface area contributed by atoms with Gasteiger partial charge in [-0.05, 0) is 31.5 Å². The molecule has 0 fully saturated rings. The number of aromatic amines is 1. The van der Waals surface area contributed by atoms with Gasteiger partial charge in [-0.25, -0.2) is 4.79 Å². The number of H-pyrrole nitrogens is 1. The van der Waals surface area contributed by atoms with E-state index in [1.807, 2.05) is 0 Å². The molecular formula is C13H12F3N3O3. The number of aromatic nitrogens is 3. The van der Waals surface area contributed by atoms with Crippen molar-refractivity contribution in [3.63, 3.8) is 0 Å². The van der Waals surface area contributed by atoms with Crippen LogP contribution in [0.1, 0.15) is 23.0 Å². The molecule has 1 heterocycles. The maximum atomic E-state index is 12.3. The second kappa shape index (κ2) is 6.04. The molecule has 0 spiro atoms. The monoisotopic (exact) mass is 315 g/mol. The molecule has 1 N–H and O–H groups in total. The van der Waals surface area contributed by atoms with E-state index in [9.17, 15) is 18.0 Å². The SMILES string of the molecule is CCOC(=O)c1n[nH]nc1-c1cc(OC(F)(F)F)ccc1C. The smallest absolute Gasteiger partial charge is 0.461 e. The maximum Gasteiger partial charge on any atom is 0.573 e. The first-order valence-electron chi connectivity index (χ1n) is 6.26. The molecule has 0 radical (unpaired) electrons. The van der Waals surface area contributed by atoms with Gasteiger partial charge >= 0.3 is 12.3 Å². The Kier molecular flexibility index (Phi) is 4.34. The first-order chi connectivity index (χ1) is 10.3. The van der Waals surface area contributed by atoms with E-state index in [1.165, 1.54) is 12.1 Å². The molecule has 0 atom stereocenters. The van der Waals surface area contributed by atoms with Gasteiger partial charge in [0.15, 0.2) is 5.69 Å². The number of halogens is 3. The van der Waals surface area contributed by atoms with Gasteiger partial charge < -0.3 is 9.47 Å². The molecule has 9 heteroatoms. The van der Waals surface area contributed by atoms with Gasteiger partial charge in [0.2, 0.25) is 0 Å². The lowest BCUT2D eigenvalue weighted by atomic mass is 10.0. The summed E-state index contributed by atoms with van der Waals surface area (Å²) in [6, 6.07) is 3.75. The molecule has 2 aromatic rings. The highest BCUT2D eigenvalue weighted by Crippen LogP contribution is 2.30. The molecule has 118 valence electrons. The average molecular weight is 315 g/mol. The number of hydrogen-bond donors (Lipinski definition) is 1. The molecule has 2 rings (SSSR count). The Balaban J connectivity index is 2.43. The molecule has 0 aliphatic carbocycles. The molecule has 0 saturated carbocycles. The zero-order valence-corrected chi connectivity index (χ0v) is 11.7. The molecule has 1 aromatic heterocycles. The fraction of sp³-hybridized carbons (Fsp3) is 0.308. The van der Waals surface area contributed by atoms with Crippen LogP contribution in [0.2, 0.25) is 0 Å². The molecular weight excluding hydrogens is 303 g/mol. The second-order valence-electron chi connectivity index (χ2n) is 4.27. The Morgan fingerprint density at radius 2 is 2.05 bits per heavy atom. The summed E-state index contributed by atoms with van der Waals surface area (Å²) in [4.78, 5) is 11.8. The maximum absolute atomic E-state index is 12.3. The molecule has 1 aromatic carbocycles. The molecule has 0 amide bonds. The van der Waals surface area contributed by atoms with Crippen LogP contribution in [0.15, 0.2) is 18.2 Å². The summed E-state index contributed by atoms with van der Waals surface area (Å²) in [5.74, 6) is -1.13. The first kappa shape index (κ1) is 15.8. The van der Waals surface area contributed by atoms with Crippen LogP contribution in [0.25, 0.3) is 11.3 Å². The second-order valence-corrected chi connectivity index (χ2v) is 4.27.